The molecule has 0 saturated carbocycles. The van der Waals surface area contributed by atoms with E-state index in [1.54, 1.807) is 6.33 Å². The molecule has 1 aliphatic heterocycles. The molecule has 4 nitrogen and oxygen atoms in total. The minimum absolute atomic E-state index is 0.601. The fourth-order valence-corrected chi connectivity index (χ4v) is 2.05. The predicted octanol–water partition coefficient (Wildman–Crippen LogP) is 1.59. The molecule has 2 N–H and O–H groups in total. The van der Waals surface area contributed by atoms with E-state index in [0.29, 0.717) is 6.04 Å². The van der Waals surface area contributed by atoms with Gasteiger partial charge in [0, 0.05) is 24.3 Å². The van der Waals surface area contributed by atoms with Gasteiger partial charge in [-0.3, -0.25) is 0 Å². The van der Waals surface area contributed by atoms with Crippen LogP contribution in [0.15, 0.2) is 12.4 Å². The van der Waals surface area contributed by atoms with Crippen molar-refractivity contribution >= 4 is 5.82 Å². The van der Waals surface area contributed by atoms with Crippen LogP contribution in [0.2, 0.25) is 0 Å². The van der Waals surface area contributed by atoms with Gasteiger partial charge in [-0.1, -0.05) is 13.3 Å². The Hall–Kier alpha value is -1.16. The molecule has 0 aliphatic carbocycles. The average Bonchev–Trinajstić information content (AvgIpc) is 2.80. The Labute approximate surface area is 96.9 Å². The molecule has 4 heteroatoms. The maximum atomic E-state index is 4.24. The van der Waals surface area contributed by atoms with Gasteiger partial charge in [-0.25, -0.2) is 9.97 Å². The molecule has 0 amide bonds. The van der Waals surface area contributed by atoms with Gasteiger partial charge < -0.3 is 10.6 Å². The second-order valence-electron chi connectivity index (χ2n) is 4.32. The van der Waals surface area contributed by atoms with E-state index in [1.807, 2.05) is 0 Å². The molecule has 0 radical (unpaired) electrons. The summed E-state index contributed by atoms with van der Waals surface area (Å²) >= 11 is 0. The van der Waals surface area contributed by atoms with Crippen LogP contribution in [0.4, 0.5) is 5.82 Å². The summed E-state index contributed by atoms with van der Waals surface area (Å²) in [6.07, 6.45) is 6.35. The van der Waals surface area contributed by atoms with Gasteiger partial charge in [0.15, 0.2) is 0 Å². The number of aryl methyl sites for hydroxylation is 1. The number of nitrogens with zero attached hydrogens (tertiary/aromatic N) is 2. The highest BCUT2D eigenvalue weighted by atomic mass is 15.1. The molecule has 1 aromatic heterocycles. The maximum Gasteiger partial charge on any atom is 0.129 e. The summed E-state index contributed by atoms with van der Waals surface area (Å²) in [5, 5.41) is 6.83. The number of aromatic nitrogens is 2. The summed E-state index contributed by atoms with van der Waals surface area (Å²) in [6, 6.07) is 2.66. The second kappa shape index (κ2) is 5.80. The van der Waals surface area contributed by atoms with E-state index in [1.165, 1.54) is 12.8 Å². The van der Waals surface area contributed by atoms with E-state index in [0.717, 1.165) is 37.4 Å². The molecule has 16 heavy (non-hydrogen) atoms. The van der Waals surface area contributed by atoms with Crippen molar-refractivity contribution in [2.24, 2.45) is 0 Å². The predicted molar refractivity (Wildman–Crippen MR) is 65.5 cm³/mol. The van der Waals surface area contributed by atoms with Gasteiger partial charge in [-0.15, -0.1) is 0 Å². The Morgan fingerprint density at radius 2 is 2.44 bits per heavy atom. The van der Waals surface area contributed by atoms with Crippen LogP contribution in [-0.4, -0.2) is 29.1 Å². The maximum absolute atomic E-state index is 4.24. The molecule has 0 bridgehead atoms. The molecule has 1 atom stereocenters. The van der Waals surface area contributed by atoms with Crippen molar-refractivity contribution in [1.29, 1.82) is 0 Å². The van der Waals surface area contributed by atoms with Crippen molar-refractivity contribution in [2.75, 3.05) is 18.4 Å². The van der Waals surface area contributed by atoms with Gasteiger partial charge >= 0.3 is 0 Å². The van der Waals surface area contributed by atoms with Crippen LogP contribution in [0, 0.1) is 0 Å². The van der Waals surface area contributed by atoms with E-state index in [2.05, 4.69) is 33.6 Å². The molecule has 0 aromatic carbocycles. The summed E-state index contributed by atoms with van der Waals surface area (Å²) in [7, 11) is 0. The van der Waals surface area contributed by atoms with Gasteiger partial charge in [0.25, 0.3) is 0 Å². The SMILES string of the molecule is CCCc1cc(NCC2CCCN2)ncn1. The van der Waals surface area contributed by atoms with Gasteiger partial charge in [0.05, 0.1) is 0 Å². The Morgan fingerprint density at radius 1 is 1.50 bits per heavy atom. The minimum Gasteiger partial charge on any atom is -0.368 e. The first-order chi connectivity index (χ1) is 7.88. The monoisotopic (exact) mass is 220 g/mol. The van der Waals surface area contributed by atoms with Crippen molar-refractivity contribution in [3.63, 3.8) is 0 Å². The number of hydrogen-bond donors (Lipinski definition) is 2. The lowest BCUT2D eigenvalue weighted by molar-refractivity contribution is 0.632. The number of hydrogen-bond acceptors (Lipinski definition) is 4. The molecule has 88 valence electrons. The van der Waals surface area contributed by atoms with E-state index in [9.17, 15) is 0 Å². The smallest absolute Gasteiger partial charge is 0.129 e. The Balaban J connectivity index is 1.85. The zero-order valence-corrected chi connectivity index (χ0v) is 9.87. The zero-order chi connectivity index (χ0) is 11.2. The van der Waals surface area contributed by atoms with Crippen LogP contribution >= 0.6 is 0 Å². The van der Waals surface area contributed by atoms with Crippen molar-refractivity contribution in [3.05, 3.63) is 18.1 Å². The van der Waals surface area contributed by atoms with E-state index in [-0.39, 0.29) is 0 Å². The largest absolute Gasteiger partial charge is 0.368 e. The molecular weight excluding hydrogens is 200 g/mol. The van der Waals surface area contributed by atoms with Crippen molar-refractivity contribution in [3.8, 4) is 0 Å². The standard InChI is InChI=1S/C12H20N4/c1-2-4-10-7-12(16-9-15-10)14-8-11-5-3-6-13-11/h7,9,11,13H,2-6,8H2,1H3,(H,14,15,16). The first-order valence-corrected chi connectivity index (χ1v) is 6.16. The molecule has 1 aliphatic rings. The molecule has 1 fully saturated rings. The highest BCUT2D eigenvalue weighted by Crippen LogP contribution is 2.09. The van der Waals surface area contributed by atoms with Crippen LogP contribution in [0.5, 0.6) is 0 Å². The third kappa shape index (κ3) is 3.17. The lowest BCUT2D eigenvalue weighted by Crippen LogP contribution is -2.29. The minimum atomic E-state index is 0.601. The van der Waals surface area contributed by atoms with Crippen molar-refractivity contribution < 1.29 is 0 Å². The van der Waals surface area contributed by atoms with Gasteiger partial charge in [-0.2, -0.15) is 0 Å². The summed E-state index contributed by atoms with van der Waals surface area (Å²) in [6.45, 7) is 4.28. The summed E-state index contributed by atoms with van der Waals surface area (Å²) in [5.41, 5.74) is 1.12. The molecule has 1 aromatic rings. The van der Waals surface area contributed by atoms with E-state index in [4.69, 9.17) is 0 Å². The van der Waals surface area contributed by atoms with Crippen LogP contribution < -0.4 is 10.6 Å². The second-order valence-corrected chi connectivity index (χ2v) is 4.32. The van der Waals surface area contributed by atoms with Crippen molar-refractivity contribution in [1.82, 2.24) is 15.3 Å². The van der Waals surface area contributed by atoms with Gasteiger partial charge in [0.1, 0.15) is 12.1 Å². The molecular formula is C12H20N4. The highest BCUT2D eigenvalue weighted by Gasteiger charge is 2.13. The Morgan fingerprint density at radius 3 is 3.19 bits per heavy atom. The van der Waals surface area contributed by atoms with Crippen LogP contribution in [0.1, 0.15) is 31.9 Å². The average molecular weight is 220 g/mol. The van der Waals surface area contributed by atoms with Gasteiger partial charge in [0.2, 0.25) is 0 Å². The third-order valence-electron chi connectivity index (χ3n) is 2.92. The Kier molecular flexibility index (Phi) is 4.10. The number of anilines is 1. The molecule has 0 spiro atoms. The summed E-state index contributed by atoms with van der Waals surface area (Å²) in [5.74, 6) is 0.951. The molecule has 1 saturated heterocycles. The summed E-state index contributed by atoms with van der Waals surface area (Å²) in [4.78, 5) is 8.47. The number of rotatable bonds is 5. The lowest BCUT2D eigenvalue weighted by atomic mass is 10.2. The lowest BCUT2D eigenvalue weighted by Gasteiger charge is -2.12. The van der Waals surface area contributed by atoms with Crippen LogP contribution in [-0.2, 0) is 6.42 Å². The van der Waals surface area contributed by atoms with E-state index >= 15 is 0 Å². The van der Waals surface area contributed by atoms with Crippen LogP contribution in [0.3, 0.4) is 0 Å². The summed E-state index contributed by atoms with van der Waals surface area (Å²) < 4.78 is 0. The highest BCUT2D eigenvalue weighted by molar-refractivity contribution is 5.35. The normalized spacial score (nSPS) is 19.9. The first-order valence-electron chi connectivity index (χ1n) is 6.16. The molecule has 2 heterocycles. The van der Waals surface area contributed by atoms with Crippen molar-refractivity contribution in [2.45, 2.75) is 38.6 Å². The third-order valence-corrected chi connectivity index (χ3v) is 2.92. The quantitative estimate of drug-likeness (QED) is 0.791. The first kappa shape index (κ1) is 11.3. The zero-order valence-electron chi connectivity index (χ0n) is 9.87. The fraction of sp³-hybridized carbons (Fsp3) is 0.667. The van der Waals surface area contributed by atoms with Gasteiger partial charge in [-0.05, 0) is 25.8 Å². The molecule has 1 unspecified atom stereocenters. The molecule has 2 rings (SSSR count). The van der Waals surface area contributed by atoms with Crippen LogP contribution in [0.25, 0.3) is 0 Å². The fourth-order valence-electron chi connectivity index (χ4n) is 2.05. The topological polar surface area (TPSA) is 49.8 Å². The number of nitrogens with one attached hydrogen (secondary N) is 2. The van der Waals surface area contributed by atoms with E-state index < -0.39 is 0 Å². The Bertz CT molecular complexity index is 321.